The molecule has 8 nitrogen and oxygen atoms in total. The molecule has 8 heteroatoms. The molecule has 5 rings (SSSR count). The van der Waals surface area contributed by atoms with Crippen LogP contribution in [0.4, 0.5) is 0 Å². The number of methoxy groups -OCH3 is 1. The Morgan fingerprint density at radius 3 is 2.88 bits per heavy atom. The van der Waals surface area contributed by atoms with Crippen molar-refractivity contribution in [3.63, 3.8) is 0 Å². The Morgan fingerprint density at radius 1 is 1.22 bits per heavy atom. The molecule has 0 N–H and O–H groups in total. The normalized spacial score (nSPS) is 22.9. The van der Waals surface area contributed by atoms with Crippen LogP contribution in [0.3, 0.4) is 0 Å². The van der Waals surface area contributed by atoms with Crippen LogP contribution >= 0.6 is 0 Å². The fourth-order valence-electron chi connectivity index (χ4n) is 4.70. The van der Waals surface area contributed by atoms with Gasteiger partial charge in [-0.25, -0.2) is 4.98 Å². The Bertz CT molecular complexity index is 1010. The van der Waals surface area contributed by atoms with Crippen LogP contribution in [0.15, 0.2) is 41.5 Å². The van der Waals surface area contributed by atoms with Crippen molar-refractivity contribution >= 4 is 11.9 Å². The average Bonchev–Trinajstić information content (AvgIpc) is 3.26. The summed E-state index contributed by atoms with van der Waals surface area (Å²) in [4.78, 5) is 14.9. The molecule has 1 aromatic heterocycles. The number of hydrogen-bond donors (Lipinski definition) is 0. The zero-order valence-electron chi connectivity index (χ0n) is 18.9. The maximum atomic E-state index is 5.70. The van der Waals surface area contributed by atoms with Crippen molar-refractivity contribution in [2.45, 2.75) is 25.8 Å². The van der Waals surface area contributed by atoms with Crippen LogP contribution in [0.2, 0.25) is 0 Å². The van der Waals surface area contributed by atoms with Crippen molar-refractivity contribution in [2.24, 2.45) is 5.16 Å². The number of benzene rings is 1. The number of ether oxygens (including phenoxy) is 2. The van der Waals surface area contributed by atoms with Crippen LogP contribution in [-0.2, 0) is 9.57 Å². The van der Waals surface area contributed by atoms with Gasteiger partial charge in [-0.1, -0.05) is 11.2 Å². The quantitative estimate of drug-likeness (QED) is 0.717. The van der Waals surface area contributed by atoms with Crippen molar-refractivity contribution < 1.29 is 14.3 Å². The van der Waals surface area contributed by atoms with Crippen LogP contribution in [-0.4, -0.2) is 84.3 Å². The summed E-state index contributed by atoms with van der Waals surface area (Å²) in [6.45, 7) is 8.24. The van der Waals surface area contributed by atoms with Gasteiger partial charge in [-0.2, -0.15) is 0 Å². The second-order valence-electron chi connectivity index (χ2n) is 8.60. The van der Waals surface area contributed by atoms with Crippen LogP contribution in [0.1, 0.15) is 24.1 Å². The van der Waals surface area contributed by atoms with E-state index < -0.39 is 0 Å². The van der Waals surface area contributed by atoms with E-state index in [-0.39, 0.29) is 0 Å². The largest absolute Gasteiger partial charge is 0.495 e. The Kier molecular flexibility index (Phi) is 6.14. The lowest BCUT2D eigenvalue weighted by Gasteiger charge is -2.42. The molecule has 2 saturated heterocycles. The first-order chi connectivity index (χ1) is 15.7. The summed E-state index contributed by atoms with van der Waals surface area (Å²) < 4.78 is 13.2. The summed E-state index contributed by atoms with van der Waals surface area (Å²) >= 11 is 0. The zero-order valence-corrected chi connectivity index (χ0v) is 18.9. The van der Waals surface area contributed by atoms with E-state index in [9.17, 15) is 0 Å². The molecule has 32 heavy (non-hydrogen) atoms. The number of piperidine rings is 1. The van der Waals surface area contributed by atoms with E-state index in [1.54, 1.807) is 7.11 Å². The molecular weight excluding hydrogens is 406 g/mol. The number of fused-ring (bicyclic) bond motifs is 1. The molecule has 0 amide bonds. The van der Waals surface area contributed by atoms with Crippen molar-refractivity contribution in [1.29, 1.82) is 0 Å². The molecule has 3 aliphatic heterocycles. The molecule has 0 aliphatic carbocycles. The second-order valence-corrected chi connectivity index (χ2v) is 8.60. The monoisotopic (exact) mass is 437 g/mol. The SMILES string of the molecule is COc1cc(C=C2CCCN3C2=NOC[C@@H]3CN2CCOCC2)ccc1-n1cnc(C)c1. The molecule has 2 aromatic rings. The van der Waals surface area contributed by atoms with Crippen molar-refractivity contribution in [3.8, 4) is 11.4 Å². The van der Waals surface area contributed by atoms with E-state index in [0.29, 0.717) is 12.6 Å². The molecular formula is C24H31N5O3. The fourth-order valence-corrected chi connectivity index (χ4v) is 4.70. The molecule has 1 aromatic carbocycles. The molecule has 4 heterocycles. The minimum atomic E-state index is 0.325. The lowest BCUT2D eigenvalue weighted by molar-refractivity contribution is 0.00301. The summed E-state index contributed by atoms with van der Waals surface area (Å²) in [5.41, 5.74) is 4.26. The van der Waals surface area contributed by atoms with E-state index in [2.05, 4.69) is 44.2 Å². The standard InChI is InChI=1S/C24H31N5O3/c1-18-14-28(17-25-18)22-6-5-19(13-23(22)30-2)12-20-4-3-7-29-21(16-32-26-24(20)29)15-27-8-10-31-11-9-27/h5-6,12-14,17,21H,3-4,7-11,15-16H2,1-2H3/t21-/m0/s1. The number of amidine groups is 1. The first-order valence-electron chi connectivity index (χ1n) is 11.4. The van der Waals surface area contributed by atoms with Gasteiger partial charge in [0.15, 0.2) is 5.84 Å². The molecule has 0 bridgehead atoms. The highest BCUT2D eigenvalue weighted by Crippen LogP contribution is 2.29. The molecule has 0 spiro atoms. The number of aromatic nitrogens is 2. The summed E-state index contributed by atoms with van der Waals surface area (Å²) in [5, 5.41) is 4.47. The Balaban J connectivity index is 1.37. The molecule has 3 aliphatic rings. The van der Waals surface area contributed by atoms with Crippen LogP contribution in [0, 0.1) is 6.92 Å². The van der Waals surface area contributed by atoms with Gasteiger partial charge in [0.05, 0.1) is 44.1 Å². The number of morpholine rings is 1. The van der Waals surface area contributed by atoms with Gasteiger partial charge in [0.1, 0.15) is 12.4 Å². The lowest BCUT2D eigenvalue weighted by atomic mass is 9.98. The van der Waals surface area contributed by atoms with Crippen molar-refractivity contribution in [2.75, 3.05) is 53.1 Å². The van der Waals surface area contributed by atoms with Gasteiger partial charge >= 0.3 is 0 Å². The van der Waals surface area contributed by atoms with E-state index >= 15 is 0 Å². The number of oxime groups is 1. The van der Waals surface area contributed by atoms with E-state index in [1.165, 1.54) is 5.57 Å². The number of imidazole rings is 1. The minimum Gasteiger partial charge on any atom is -0.495 e. The minimum absolute atomic E-state index is 0.325. The van der Waals surface area contributed by atoms with Crippen LogP contribution in [0.25, 0.3) is 11.8 Å². The molecule has 0 saturated carbocycles. The Morgan fingerprint density at radius 2 is 2.09 bits per heavy atom. The third kappa shape index (κ3) is 4.38. The lowest BCUT2D eigenvalue weighted by Crippen LogP contribution is -2.55. The van der Waals surface area contributed by atoms with Gasteiger partial charge in [0.25, 0.3) is 0 Å². The third-order valence-corrected chi connectivity index (χ3v) is 6.37. The van der Waals surface area contributed by atoms with E-state index in [1.807, 2.05) is 24.0 Å². The number of rotatable bonds is 5. The molecule has 1 atom stereocenters. The average molecular weight is 438 g/mol. The predicted molar refractivity (Wildman–Crippen MR) is 123 cm³/mol. The van der Waals surface area contributed by atoms with Gasteiger partial charge in [-0.05, 0) is 49.1 Å². The van der Waals surface area contributed by atoms with Gasteiger partial charge in [-0.15, -0.1) is 0 Å². The third-order valence-electron chi connectivity index (χ3n) is 6.37. The smallest absolute Gasteiger partial charge is 0.171 e. The molecule has 0 unspecified atom stereocenters. The number of aryl methyl sites for hydroxylation is 1. The highest BCUT2D eigenvalue weighted by molar-refractivity contribution is 6.02. The second kappa shape index (κ2) is 9.34. The molecule has 2 fully saturated rings. The van der Waals surface area contributed by atoms with Crippen molar-refractivity contribution in [3.05, 3.63) is 47.6 Å². The van der Waals surface area contributed by atoms with Gasteiger partial charge < -0.3 is 23.8 Å². The molecule has 170 valence electrons. The number of nitrogens with zero attached hydrogens (tertiary/aromatic N) is 5. The summed E-state index contributed by atoms with van der Waals surface area (Å²) in [5.74, 6) is 1.80. The molecule has 0 radical (unpaired) electrons. The fraction of sp³-hybridized carbons (Fsp3) is 0.500. The van der Waals surface area contributed by atoms with Gasteiger partial charge in [0, 0.05) is 32.4 Å². The zero-order chi connectivity index (χ0) is 21.9. The maximum Gasteiger partial charge on any atom is 0.171 e. The number of hydrogen-bond acceptors (Lipinski definition) is 7. The van der Waals surface area contributed by atoms with E-state index in [4.69, 9.17) is 14.3 Å². The van der Waals surface area contributed by atoms with E-state index in [0.717, 1.165) is 80.8 Å². The maximum absolute atomic E-state index is 5.70. The first kappa shape index (κ1) is 21.0. The first-order valence-corrected chi connectivity index (χ1v) is 11.4. The predicted octanol–water partition coefficient (Wildman–Crippen LogP) is 2.71. The summed E-state index contributed by atoms with van der Waals surface area (Å²) in [6.07, 6.45) is 8.14. The highest BCUT2D eigenvalue weighted by atomic mass is 16.6. The summed E-state index contributed by atoms with van der Waals surface area (Å²) in [7, 11) is 1.71. The van der Waals surface area contributed by atoms with Gasteiger partial charge in [-0.3, -0.25) is 4.90 Å². The van der Waals surface area contributed by atoms with Crippen LogP contribution < -0.4 is 4.74 Å². The Labute approximate surface area is 189 Å². The van der Waals surface area contributed by atoms with Crippen LogP contribution in [0.5, 0.6) is 5.75 Å². The summed E-state index contributed by atoms with van der Waals surface area (Å²) in [6, 6.07) is 6.60. The van der Waals surface area contributed by atoms with Crippen molar-refractivity contribution in [1.82, 2.24) is 19.4 Å². The highest BCUT2D eigenvalue weighted by Gasteiger charge is 2.33. The topological polar surface area (TPSA) is 64.3 Å². The van der Waals surface area contributed by atoms with Gasteiger partial charge in [0.2, 0.25) is 0 Å². The Hall–Kier alpha value is -2.84.